The second kappa shape index (κ2) is 7.26. The number of nitrogens with zero attached hydrogens (tertiary/aromatic N) is 2. The van der Waals surface area contributed by atoms with Crippen molar-refractivity contribution in [3.63, 3.8) is 0 Å². The topological polar surface area (TPSA) is 15.6 Å². The van der Waals surface area contributed by atoms with Crippen LogP contribution in [0, 0.1) is 23.7 Å². The molecule has 4 unspecified atom stereocenters. The van der Waals surface area contributed by atoms with Gasteiger partial charge in [-0.15, -0.1) is 23.4 Å². The maximum Gasteiger partial charge on any atom is 0.0732 e. The molecule has 26 heavy (non-hydrogen) atoms. The van der Waals surface area contributed by atoms with Crippen molar-refractivity contribution in [2.45, 2.75) is 99.9 Å². The maximum atomic E-state index is 6.49. The molecule has 4 heteroatoms. The van der Waals surface area contributed by atoms with Gasteiger partial charge in [0.25, 0.3) is 0 Å². The van der Waals surface area contributed by atoms with Gasteiger partial charge >= 0.3 is 0 Å². The smallest absolute Gasteiger partial charge is 0.0732 e. The summed E-state index contributed by atoms with van der Waals surface area (Å²) in [6, 6.07) is 2.18. The van der Waals surface area contributed by atoms with Crippen molar-refractivity contribution >= 4 is 28.4 Å². The first-order valence-corrected chi connectivity index (χ1v) is 12.5. The molecule has 2 saturated carbocycles. The second-order valence-electron chi connectivity index (χ2n) is 10.0. The SMILES string of the molecule is CC1CCC([C@H]2C[C@H]3CCC([C@H]2C2=NC4CCC(Cl)CC4S2)N3C)CC1. The fourth-order valence-electron chi connectivity index (χ4n) is 6.90. The summed E-state index contributed by atoms with van der Waals surface area (Å²) in [4.78, 5) is 8.11. The van der Waals surface area contributed by atoms with E-state index in [9.17, 15) is 0 Å². The minimum atomic E-state index is 0.388. The minimum Gasteiger partial charge on any atom is -0.300 e. The number of hydrogen-bond acceptors (Lipinski definition) is 3. The summed E-state index contributed by atoms with van der Waals surface area (Å²) in [6.45, 7) is 2.45. The highest BCUT2D eigenvalue weighted by molar-refractivity contribution is 8.14. The van der Waals surface area contributed by atoms with Crippen LogP contribution in [-0.4, -0.2) is 45.7 Å². The Bertz CT molecular complexity index is 558. The number of thioether (sulfide) groups is 1. The van der Waals surface area contributed by atoms with E-state index in [4.69, 9.17) is 16.6 Å². The Kier molecular flexibility index (Phi) is 5.11. The van der Waals surface area contributed by atoms with Crippen LogP contribution in [0.5, 0.6) is 0 Å². The van der Waals surface area contributed by atoms with Crippen LogP contribution >= 0.6 is 23.4 Å². The summed E-state index contributed by atoms with van der Waals surface area (Å²) in [5, 5.41) is 2.61. The summed E-state index contributed by atoms with van der Waals surface area (Å²) in [5.74, 6) is 3.53. The second-order valence-corrected chi connectivity index (χ2v) is 11.9. The Hall–Kier alpha value is 0.270. The summed E-state index contributed by atoms with van der Waals surface area (Å²) >= 11 is 8.65. The lowest BCUT2D eigenvalue weighted by Gasteiger charge is -2.47. The van der Waals surface area contributed by atoms with Gasteiger partial charge in [0.05, 0.1) is 11.1 Å². The third-order valence-electron chi connectivity index (χ3n) is 8.52. The Morgan fingerprint density at radius 2 is 1.81 bits per heavy atom. The molecule has 146 valence electrons. The number of hydrogen-bond donors (Lipinski definition) is 0. The Balaban J connectivity index is 1.40. The fraction of sp³-hybridized carbons (Fsp3) is 0.955. The molecular weight excluding hydrogens is 360 g/mol. The van der Waals surface area contributed by atoms with E-state index in [1.165, 1.54) is 64.2 Å². The molecule has 0 aromatic heterocycles. The van der Waals surface area contributed by atoms with E-state index in [0.29, 0.717) is 16.7 Å². The number of rotatable bonds is 2. The van der Waals surface area contributed by atoms with Gasteiger partial charge in [-0.3, -0.25) is 9.89 Å². The molecule has 0 aromatic rings. The van der Waals surface area contributed by atoms with Gasteiger partial charge in [-0.2, -0.15) is 0 Å². The molecule has 7 atom stereocenters. The molecule has 3 heterocycles. The molecular formula is C22H35ClN2S. The minimum absolute atomic E-state index is 0.388. The van der Waals surface area contributed by atoms with Crippen molar-refractivity contribution in [2.75, 3.05) is 7.05 Å². The first kappa shape index (κ1) is 18.3. The molecule has 5 rings (SSSR count). The highest BCUT2D eigenvalue weighted by atomic mass is 35.5. The summed E-state index contributed by atoms with van der Waals surface area (Å²) in [6.07, 6.45) is 13.7. The van der Waals surface area contributed by atoms with Crippen LogP contribution in [0.1, 0.15) is 71.1 Å². The quantitative estimate of drug-likeness (QED) is 0.567. The van der Waals surface area contributed by atoms with Crippen molar-refractivity contribution < 1.29 is 0 Å². The van der Waals surface area contributed by atoms with Gasteiger partial charge in [-0.25, -0.2) is 0 Å². The van der Waals surface area contributed by atoms with E-state index >= 15 is 0 Å². The molecule has 2 aliphatic carbocycles. The Morgan fingerprint density at radius 3 is 2.62 bits per heavy atom. The average Bonchev–Trinajstić information content (AvgIpc) is 3.13. The highest BCUT2D eigenvalue weighted by Crippen LogP contribution is 2.52. The van der Waals surface area contributed by atoms with Gasteiger partial charge in [-0.1, -0.05) is 19.8 Å². The number of alkyl halides is 1. The largest absolute Gasteiger partial charge is 0.300 e. The van der Waals surface area contributed by atoms with Crippen molar-refractivity contribution in [1.29, 1.82) is 0 Å². The predicted molar refractivity (Wildman–Crippen MR) is 113 cm³/mol. The summed E-state index contributed by atoms with van der Waals surface area (Å²) in [5.41, 5.74) is 0. The molecule has 5 aliphatic rings. The molecule has 0 aromatic carbocycles. The van der Waals surface area contributed by atoms with Gasteiger partial charge in [0.1, 0.15) is 0 Å². The third-order valence-corrected chi connectivity index (χ3v) is 10.3. The van der Waals surface area contributed by atoms with Crippen LogP contribution in [0.25, 0.3) is 0 Å². The number of aliphatic imine (C=N–C) groups is 1. The number of piperidine rings is 1. The van der Waals surface area contributed by atoms with Crippen LogP contribution in [0.15, 0.2) is 4.99 Å². The molecule has 0 amide bonds. The molecule has 0 spiro atoms. The lowest BCUT2D eigenvalue weighted by Crippen LogP contribution is -2.51. The van der Waals surface area contributed by atoms with Crippen LogP contribution in [-0.2, 0) is 0 Å². The molecule has 4 fully saturated rings. The van der Waals surface area contributed by atoms with Crippen LogP contribution in [0.4, 0.5) is 0 Å². The van der Waals surface area contributed by atoms with Crippen LogP contribution < -0.4 is 0 Å². The van der Waals surface area contributed by atoms with E-state index in [-0.39, 0.29) is 0 Å². The van der Waals surface area contributed by atoms with E-state index in [1.807, 2.05) is 0 Å². The van der Waals surface area contributed by atoms with Crippen LogP contribution in [0.2, 0.25) is 0 Å². The van der Waals surface area contributed by atoms with E-state index in [1.54, 1.807) is 5.04 Å². The van der Waals surface area contributed by atoms with Crippen molar-refractivity contribution in [1.82, 2.24) is 4.90 Å². The molecule has 2 saturated heterocycles. The normalized spacial score (nSPS) is 52.0. The van der Waals surface area contributed by atoms with Gasteiger partial charge in [0.2, 0.25) is 0 Å². The van der Waals surface area contributed by atoms with E-state index < -0.39 is 0 Å². The zero-order valence-corrected chi connectivity index (χ0v) is 18.0. The highest BCUT2D eigenvalue weighted by Gasteiger charge is 2.51. The van der Waals surface area contributed by atoms with Gasteiger partial charge in [0.15, 0.2) is 0 Å². The zero-order valence-electron chi connectivity index (χ0n) is 16.4. The van der Waals surface area contributed by atoms with Crippen LogP contribution in [0.3, 0.4) is 0 Å². The standard InChI is InChI=1S/C22H35ClN2S/c1-13-3-5-14(6-4-13)17-12-16-8-10-19(25(16)2)21(17)22-24-18-9-7-15(23)11-20(18)26-22/h13-21H,3-12H2,1-2H3/t13?,14?,15?,16-,17-,18?,19?,20?,21+/m1/s1. The lowest BCUT2D eigenvalue weighted by molar-refractivity contribution is 0.0538. The average molecular weight is 395 g/mol. The van der Waals surface area contributed by atoms with Gasteiger partial charge in [-0.05, 0) is 76.2 Å². The Morgan fingerprint density at radius 1 is 1.00 bits per heavy atom. The van der Waals surface area contributed by atoms with E-state index in [2.05, 4.69) is 30.6 Å². The fourth-order valence-corrected chi connectivity index (χ4v) is 9.01. The third kappa shape index (κ3) is 3.18. The zero-order chi connectivity index (χ0) is 17.8. The Labute approximate surface area is 168 Å². The molecule has 0 N–H and O–H groups in total. The molecule has 3 aliphatic heterocycles. The van der Waals surface area contributed by atoms with Gasteiger partial charge < -0.3 is 0 Å². The lowest BCUT2D eigenvalue weighted by atomic mass is 9.67. The molecule has 2 bridgehead atoms. The van der Waals surface area contributed by atoms with Crippen molar-refractivity contribution in [3.8, 4) is 0 Å². The predicted octanol–water partition coefficient (Wildman–Crippen LogP) is 5.59. The molecule has 2 nitrogen and oxygen atoms in total. The summed E-state index contributed by atoms with van der Waals surface area (Å²) in [7, 11) is 2.40. The van der Waals surface area contributed by atoms with Crippen molar-refractivity contribution in [3.05, 3.63) is 0 Å². The first-order valence-electron chi connectivity index (χ1n) is 11.2. The summed E-state index contributed by atoms with van der Waals surface area (Å²) < 4.78 is 0. The number of fused-ring (bicyclic) bond motifs is 3. The monoisotopic (exact) mass is 394 g/mol. The first-order chi connectivity index (χ1) is 12.6. The maximum absolute atomic E-state index is 6.49. The van der Waals surface area contributed by atoms with Crippen molar-refractivity contribution in [2.24, 2.45) is 28.7 Å². The molecule has 0 radical (unpaired) electrons. The van der Waals surface area contributed by atoms with Gasteiger partial charge in [0, 0.05) is 28.6 Å². The van der Waals surface area contributed by atoms with E-state index in [0.717, 1.165) is 35.8 Å². The number of halogens is 1.